The number of nitrogens with two attached hydrogens (primary N) is 2. The van der Waals surface area contributed by atoms with Crippen LogP contribution in [0.4, 0.5) is 11.4 Å². The molecule has 0 heterocycles. The van der Waals surface area contributed by atoms with E-state index in [1.165, 1.54) is 89.9 Å². The maximum atomic E-state index is 12.5. The minimum atomic E-state index is -0.329. The van der Waals surface area contributed by atoms with Crippen LogP contribution in [0.25, 0.3) is 0 Å². The molecule has 1 aromatic carbocycles. The van der Waals surface area contributed by atoms with Crippen molar-refractivity contribution in [3.63, 3.8) is 0 Å². The Hall–Kier alpha value is -1.71. The monoisotopic (exact) mass is 488 g/mol. The van der Waals surface area contributed by atoms with Crippen molar-refractivity contribution in [3.05, 3.63) is 23.3 Å². The number of nitrogen functional groups attached to an aromatic ring is 2. The predicted molar refractivity (Wildman–Crippen MR) is 153 cm³/mol. The van der Waals surface area contributed by atoms with Gasteiger partial charge in [0.25, 0.3) is 0 Å². The molecule has 0 radical (unpaired) electrons. The number of carbonyl (C=O) groups excluding carboxylic acids is 1. The molecule has 1 aromatic rings. The van der Waals surface area contributed by atoms with Crippen LogP contribution in [0.15, 0.2) is 12.1 Å². The summed E-state index contributed by atoms with van der Waals surface area (Å²) in [6.45, 7) is 9.18. The first kappa shape index (κ1) is 31.3. The van der Waals surface area contributed by atoms with Crippen molar-refractivity contribution in [2.75, 3.05) is 18.1 Å². The Bertz CT molecular complexity index is 676. The SMILES string of the molecule is CCCCCCCCCCCCCCCCCCOC(=O)c1cc(N)c(C(C)(C)CCC)c(N)c1. The molecule has 0 unspecified atom stereocenters. The van der Waals surface area contributed by atoms with Gasteiger partial charge in [0.1, 0.15) is 0 Å². The van der Waals surface area contributed by atoms with Crippen molar-refractivity contribution in [2.45, 2.75) is 149 Å². The van der Waals surface area contributed by atoms with E-state index in [1.54, 1.807) is 12.1 Å². The summed E-state index contributed by atoms with van der Waals surface area (Å²) >= 11 is 0. The van der Waals surface area contributed by atoms with Gasteiger partial charge < -0.3 is 16.2 Å². The average Bonchev–Trinajstić information content (AvgIpc) is 2.80. The van der Waals surface area contributed by atoms with E-state index in [4.69, 9.17) is 16.2 Å². The Labute approximate surface area is 217 Å². The zero-order chi connectivity index (χ0) is 25.9. The zero-order valence-electron chi connectivity index (χ0n) is 23.6. The second-order valence-corrected chi connectivity index (χ2v) is 11.1. The standard InChI is InChI=1S/C31H56N2O2/c1-5-7-8-9-10-11-12-13-14-15-16-17-18-19-20-21-23-35-30(34)26-24-27(32)29(28(33)25-26)31(3,4)22-6-2/h24-25H,5-23,32-33H2,1-4H3. The van der Waals surface area contributed by atoms with Crippen LogP contribution < -0.4 is 11.5 Å². The maximum Gasteiger partial charge on any atom is 0.338 e. The van der Waals surface area contributed by atoms with Crippen molar-refractivity contribution in [1.82, 2.24) is 0 Å². The van der Waals surface area contributed by atoms with Crippen LogP contribution >= 0.6 is 0 Å². The first-order valence-corrected chi connectivity index (χ1v) is 14.7. The highest BCUT2D eigenvalue weighted by Gasteiger charge is 2.26. The van der Waals surface area contributed by atoms with Gasteiger partial charge in [0, 0.05) is 16.9 Å². The summed E-state index contributed by atoms with van der Waals surface area (Å²) in [5.74, 6) is -0.329. The smallest absolute Gasteiger partial charge is 0.338 e. The third-order valence-corrected chi connectivity index (χ3v) is 7.22. The van der Waals surface area contributed by atoms with E-state index < -0.39 is 0 Å². The van der Waals surface area contributed by atoms with Crippen LogP contribution in [0.2, 0.25) is 0 Å². The van der Waals surface area contributed by atoms with Crippen molar-refractivity contribution >= 4 is 17.3 Å². The molecular formula is C31H56N2O2. The number of ether oxygens (including phenoxy) is 1. The summed E-state index contributed by atoms with van der Waals surface area (Å²) < 4.78 is 5.48. The van der Waals surface area contributed by atoms with Gasteiger partial charge in [-0.25, -0.2) is 4.79 Å². The molecule has 0 saturated heterocycles. The molecular weight excluding hydrogens is 432 g/mol. The van der Waals surface area contributed by atoms with Crippen molar-refractivity contribution in [2.24, 2.45) is 0 Å². The molecule has 0 fully saturated rings. The second-order valence-electron chi connectivity index (χ2n) is 11.1. The Morgan fingerprint density at radius 3 is 1.49 bits per heavy atom. The number of unbranched alkanes of at least 4 members (excludes halogenated alkanes) is 15. The van der Waals surface area contributed by atoms with Crippen LogP contribution in [0.3, 0.4) is 0 Å². The minimum absolute atomic E-state index is 0.112. The van der Waals surface area contributed by atoms with Crippen LogP contribution in [-0.4, -0.2) is 12.6 Å². The van der Waals surface area contributed by atoms with Gasteiger partial charge in [-0.3, -0.25) is 0 Å². The summed E-state index contributed by atoms with van der Waals surface area (Å²) in [5, 5.41) is 0. The normalized spacial score (nSPS) is 11.7. The van der Waals surface area contributed by atoms with E-state index in [2.05, 4.69) is 27.7 Å². The van der Waals surface area contributed by atoms with E-state index in [1.807, 2.05) is 0 Å². The average molecular weight is 489 g/mol. The molecule has 0 aromatic heterocycles. The summed E-state index contributed by atoms with van der Waals surface area (Å²) in [5.41, 5.74) is 15.0. The highest BCUT2D eigenvalue weighted by molar-refractivity contribution is 5.92. The largest absolute Gasteiger partial charge is 0.462 e. The molecule has 0 bridgehead atoms. The molecule has 4 nitrogen and oxygen atoms in total. The van der Waals surface area contributed by atoms with E-state index in [0.29, 0.717) is 23.5 Å². The fourth-order valence-electron chi connectivity index (χ4n) is 5.24. The fourth-order valence-corrected chi connectivity index (χ4v) is 5.24. The molecule has 0 aliphatic carbocycles. The van der Waals surface area contributed by atoms with Gasteiger partial charge in [0.05, 0.1) is 12.2 Å². The van der Waals surface area contributed by atoms with Gasteiger partial charge in [0.2, 0.25) is 0 Å². The van der Waals surface area contributed by atoms with Gasteiger partial charge >= 0.3 is 5.97 Å². The topological polar surface area (TPSA) is 78.3 Å². The number of anilines is 2. The molecule has 0 amide bonds. The lowest BCUT2D eigenvalue weighted by Gasteiger charge is -2.28. The van der Waals surface area contributed by atoms with Gasteiger partial charge in [-0.15, -0.1) is 0 Å². The van der Waals surface area contributed by atoms with Crippen molar-refractivity contribution < 1.29 is 9.53 Å². The summed E-state index contributed by atoms with van der Waals surface area (Å²) in [4.78, 5) is 12.5. The second kappa shape index (κ2) is 18.5. The predicted octanol–water partition coefficient (Wildman–Crippen LogP) is 9.35. The van der Waals surface area contributed by atoms with E-state index in [0.717, 1.165) is 31.2 Å². The number of esters is 1. The number of hydrogen-bond acceptors (Lipinski definition) is 4. The van der Waals surface area contributed by atoms with Gasteiger partial charge in [-0.1, -0.05) is 130 Å². The third-order valence-electron chi connectivity index (χ3n) is 7.22. The molecule has 35 heavy (non-hydrogen) atoms. The zero-order valence-corrected chi connectivity index (χ0v) is 23.6. The van der Waals surface area contributed by atoms with Gasteiger partial charge in [-0.05, 0) is 30.4 Å². The van der Waals surface area contributed by atoms with E-state index in [9.17, 15) is 4.79 Å². The highest BCUT2D eigenvalue weighted by Crippen LogP contribution is 2.37. The first-order chi connectivity index (χ1) is 16.8. The Morgan fingerprint density at radius 1 is 0.686 bits per heavy atom. The Morgan fingerprint density at radius 2 is 1.09 bits per heavy atom. The van der Waals surface area contributed by atoms with Gasteiger partial charge in [0.15, 0.2) is 0 Å². The van der Waals surface area contributed by atoms with Crippen LogP contribution in [0.1, 0.15) is 159 Å². The van der Waals surface area contributed by atoms with Gasteiger partial charge in [-0.2, -0.15) is 0 Å². The third kappa shape index (κ3) is 13.2. The van der Waals surface area contributed by atoms with E-state index >= 15 is 0 Å². The fraction of sp³-hybridized carbons (Fsp3) is 0.774. The molecule has 1 rings (SSSR count). The molecule has 4 heteroatoms. The Kier molecular flexibility index (Phi) is 16.6. The van der Waals surface area contributed by atoms with Crippen molar-refractivity contribution in [1.29, 1.82) is 0 Å². The number of benzene rings is 1. The molecule has 0 aliphatic heterocycles. The lowest BCUT2D eigenvalue weighted by Crippen LogP contribution is -2.21. The number of carbonyl (C=O) groups is 1. The molecule has 0 saturated carbocycles. The van der Waals surface area contributed by atoms with Crippen LogP contribution in [-0.2, 0) is 10.2 Å². The Balaban J connectivity index is 2.09. The lowest BCUT2D eigenvalue weighted by atomic mass is 9.78. The summed E-state index contributed by atoms with van der Waals surface area (Å²) in [6.07, 6.45) is 23.3. The highest BCUT2D eigenvalue weighted by atomic mass is 16.5. The molecule has 4 N–H and O–H groups in total. The molecule has 0 atom stereocenters. The molecule has 0 spiro atoms. The summed E-state index contributed by atoms with van der Waals surface area (Å²) in [6, 6.07) is 3.44. The lowest BCUT2D eigenvalue weighted by molar-refractivity contribution is 0.0497. The maximum absolute atomic E-state index is 12.5. The minimum Gasteiger partial charge on any atom is -0.462 e. The number of rotatable bonds is 21. The molecule has 0 aliphatic rings. The number of hydrogen-bond donors (Lipinski definition) is 2. The van der Waals surface area contributed by atoms with Crippen LogP contribution in [0, 0.1) is 0 Å². The van der Waals surface area contributed by atoms with Crippen LogP contribution in [0.5, 0.6) is 0 Å². The van der Waals surface area contributed by atoms with E-state index in [-0.39, 0.29) is 11.4 Å². The van der Waals surface area contributed by atoms with Crippen molar-refractivity contribution in [3.8, 4) is 0 Å². The molecule has 202 valence electrons. The summed E-state index contributed by atoms with van der Waals surface area (Å²) in [7, 11) is 0. The first-order valence-electron chi connectivity index (χ1n) is 14.7. The quantitative estimate of drug-likeness (QED) is 0.103.